The first-order valence-corrected chi connectivity index (χ1v) is 2.63. The molecule has 0 N–H and O–H groups in total. The van der Waals surface area contributed by atoms with E-state index >= 15 is 0 Å². The molecule has 0 aromatic heterocycles. The van der Waals surface area contributed by atoms with Crippen molar-refractivity contribution in [1.29, 1.82) is 0 Å². The molecule has 0 bridgehead atoms. The SMILES string of the molecule is CC(=O)SC(C)=O.[KH]. The number of hydrogen-bond donors (Lipinski definition) is 0. The fraction of sp³-hybridized carbons (Fsp3) is 0.500. The van der Waals surface area contributed by atoms with E-state index in [1.54, 1.807) is 0 Å². The third kappa shape index (κ3) is 10.3. The second kappa shape index (κ2) is 6.45. The van der Waals surface area contributed by atoms with Crippen molar-refractivity contribution in [2.45, 2.75) is 13.8 Å². The van der Waals surface area contributed by atoms with Crippen LogP contribution in [0.5, 0.6) is 0 Å². The molecule has 42 valence electrons. The van der Waals surface area contributed by atoms with Crippen molar-refractivity contribution >= 4 is 73.4 Å². The summed E-state index contributed by atoms with van der Waals surface area (Å²) in [6.07, 6.45) is 0. The monoisotopic (exact) mass is 158 g/mol. The van der Waals surface area contributed by atoms with E-state index in [-0.39, 0.29) is 61.6 Å². The molecule has 0 spiro atoms. The summed E-state index contributed by atoms with van der Waals surface area (Å²) in [6, 6.07) is 0. The summed E-state index contributed by atoms with van der Waals surface area (Å²) in [5, 5.41) is -0.292. The Morgan fingerprint density at radius 3 is 1.38 bits per heavy atom. The van der Waals surface area contributed by atoms with Gasteiger partial charge in [-0.3, -0.25) is 9.59 Å². The summed E-state index contributed by atoms with van der Waals surface area (Å²) >= 11 is 0.731. The average molecular weight is 158 g/mol. The van der Waals surface area contributed by atoms with Gasteiger partial charge in [0.25, 0.3) is 0 Å². The van der Waals surface area contributed by atoms with E-state index in [0.717, 1.165) is 11.8 Å². The predicted octanol–water partition coefficient (Wildman–Crippen LogP) is 0.164. The number of rotatable bonds is 0. The molecule has 0 atom stereocenters. The van der Waals surface area contributed by atoms with E-state index < -0.39 is 0 Å². The molecule has 0 aliphatic carbocycles. The molecular formula is C4H7KO2S. The summed E-state index contributed by atoms with van der Waals surface area (Å²) in [6.45, 7) is 2.73. The van der Waals surface area contributed by atoms with Crippen molar-refractivity contribution in [2.75, 3.05) is 0 Å². The van der Waals surface area contributed by atoms with Crippen molar-refractivity contribution in [3.63, 3.8) is 0 Å². The Morgan fingerprint density at radius 2 is 1.38 bits per heavy atom. The van der Waals surface area contributed by atoms with Crippen LogP contribution in [0.1, 0.15) is 13.8 Å². The molecule has 0 amide bonds. The second-order valence-electron chi connectivity index (χ2n) is 1.09. The Bertz CT molecular complexity index is 90.2. The molecule has 2 nitrogen and oxygen atoms in total. The average Bonchev–Trinajstić information content (AvgIpc) is 1.27. The molecule has 0 aromatic carbocycles. The van der Waals surface area contributed by atoms with Crippen molar-refractivity contribution in [1.82, 2.24) is 0 Å². The van der Waals surface area contributed by atoms with Crippen LogP contribution in [0.3, 0.4) is 0 Å². The van der Waals surface area contributed by atoms with Crippen molar-refractivity contribution in [2.24, 2.45) is 0 Å². The van der Waals surface area contributed by atoms with Crippen molar-refractivity contribution in [3.05, 3.63) is 0 Å². The van der Waals surface area contributed by atoms with Crippen LogP contribution in [0, 0.1) is 0 Å². The summed E-state index contributed by atoms with van der Waals surface area (Å²) in [5.74, 6) is 0. The van der Waals surface area contributed by atoms with Gasteiger partial charge >= 0.3 is 51.4 Å². The molecule has 0 saturated heterocycles. The van der Waals surface area contributed by atoms with E-state index in [1.807, 2.05) is 0 Å². The molecule has 0 aromatic rings. The van der Waals surface area contributed by atoms with E-state index in [9.17, 15) is 9.59 Å². The van der Waals surface area contributed by atoms with E-state index in [1.165, 1.54) is 13.8 Å². The van der Waals surface area contributed by atoms with E-state index in [0.29, 0.717) is 0 Å². The molecule has 0 aliphatic rings. The van der Waals surface area contributed by atoms with E-state index in [4.69, 9.17) is 0 Å². The van der Waals surface area contributed by atoms with Gasteiger partial charge in [-0.25, -0.2) is 0 Å². The first-order valence-electron chi connectivity index (χ1n) is 1.82. The van der Waals surface area contributed by atoms with Gasteiger partial charge in [-0.2, -0.15) is 0 Å². The topological polar surface area (TPSA) is 34.1 Å². The van der Waals surface area contributed by atoms with Gasteiger partial charge in [0.05, 0.1) is 0 Å². The molecule has 0 aliphatic heterocycles. The van der Waals surface area contributed by atoms with Crippen LogP contribution >= 0.6 is 11.8 Å². The fourth-order valence-electron chi connectivity index (χ4n) is 0.202. The van der Waals surface area contributed by atoms with Gasteiger partial charge in [-0.05, 0) is 11.8 Å². The zero-order valence-corrected chi connectivity index (χ0v) is 5.04. The fourth-order valence-corrected chi connectivity index (χ4v) is 0.607. The van der Waals surface area contributed by atoms with Crippen LogP contribution in [0.25, 0.3) is 0 Å². The summed E-state index contributed by atoms with van der Waals surface area (Å²) in [7, 11) is 0. The zero-order valence-electron chi connectivity index (χ0n) is 4.22. The Morgan fingerprint density at radius 1 is 1.12 bits per heavy atom. The molecule has 0 rings (SSSR count). The summed E-state index contributed by atoms with van der Waals surface area (Å²) < 4.78 is 0. The first kappa shape index (κ1) is 12.0. The Kier molecular flexibility index (Phi) is 9.71. The number of carbonyl (C=O) groups is 2. The molecule has 8 heavy (non-hydrogen) atoms. The molecule has 4 heteroatoms. The van der Waals surface area contributed by atoms with Crippen LogP contribution in [0.15, 0.2) is 0 Å². The van der Waals surface area contributed by atoms with Crippen LogP contribution in [-0.2, 0) is 9.59 Å². The van der Waals surface area contributed by atoms with Gasteiger partial charge in [-0.1, -0.05) is 0 Å². The number of carbonyl (C=O) groups excluding carboxylic acids is 2. The summed E-state index contributed by atoms with van der Waals surface area (Å²) in [5.41, 5.74) is 0. The van der Waals surface area contributed by atoms with Crippen LogP contribution < -0.4 is 0 Å². The van der Waals surface area contributed by atoms with Crippen LogP contribution in [0.2, 0.25) is 0 Å². The normalized spacial score (nSPS) is 7.25. The van der Waals surface area contributed by atoms with Gasteiger partial charge in [-0.15, -0.1) is 0 Å². The molecule has 0 heterocycles. The molecular weight excluding hydrogens is 151 g/mol. The minimum atomic E-state index is -0.146. The molecule has 0 saturated carbocycles. The maximum absolute atomic E-state index is 10.00. The summed E-state index contributed by atoms with van der Waals surface area (Å²) in [4.78, 5) is 20.0. The van der Waals surface area contributed by atoms with Gasteiger partial charge in [0.2, 0.25) is 0 Å². The Labute approximate surface area is 95.2 Å². The third-order valence-electron chi connectivity index (χ3n) is 0.287. The van der Waals surface area contributed by atoms with Gasteiger partial charge < -0.3 is 0 Å². The van der Waals surface area contributed by atoms with Gasteiger partial charge in [0, 0.05) is 13.8 Å². The molecule has 0 fully saturated rings. The second-order valence-corrected chi connectivity index (χ2v) is 2.44. The quantitative estimate of drug-likeness (QED) is 0.471. The minimum absolute atomic E-state index is 0. The van der Waals surface area contributed by atoms with Gasteiger partial charge in [0.1, 0.15) is 0 Å². The number of thioether (sulfide) groups is 1. The predicted molar refractivity (Wildman–Crippen MR) is 36.1 cm³/mol. The third-order valence-corrected chi connectivity index (χ3v) is 0.862. The van der Waals surface area contributed by atoms with Crippen LogP contribution in [0.4, 0.5) is 0 Å². The van der Waals surface area contributed by atoms with Crippen molar-refractivity contribution in [3.8, 4) is 0 Å². The van der Waals surface area contributed by atoms with E-state index in [2.05, 4.69) is 0 Å². The van der Waals surface area contributed by atoms with Crippen LogP contribution in [-0.4, -0.2) is 61.6 Å². The van der Waals surface area contributed by atoms with Gasteiger partial charge in [0.15, 0.2) is 10.2 Å². The first-order chi connectivity index (χ1) is 3.13. The maximum atomic E-state index is 10.00. The van der Waals surface area contributed by atoms with Crippen molar-refractivity contribution < 1.29 is 9.59 Å². The number of hydrogen-bond acceptors (Lipinski definition) is 3. The molecule has 0 radical (unpaired) electrons. The Balaban J connectivity index is 0. The molecule has 0 unspecified atom stereocenters. The Hall–Kier alpha value is 1.33. The zero-order chi connectivity index (χ0) is 5.86. The standard InChI is InChI=1S/C4H6O2S.K.H/c1-3(5)7-4(2)6;;/h1-2H3;;.